The van der Waals surface area contributed by atoms with E-state index >= 15 is 0 Å². The smallest absolute Gasteiger partial charge is 0.225 e. The molecule has 2 atom stereocenters. The van der Waals surface area contributed by atoms with E-state index in [1.165, 1.54) is 0 Å². The number of hydrogen-bond donors (Lipinski definition) is 2. The van der Waals surface area contributed by atoms with Crippen LogP contribution in [0.2, 0.25) is 0 Å². The van der Waals surface area contributed by atoms with Crippen LogP contribution in [0.1, 0.15) is 39.5 Å². The van der Waals surface area contributed by atoms with Crippen molar-refractivity contribution in [1.82, 2.24) is 10.6 Å². The number of hydrogen-bond acceptors (Lipinski definition) is 2. The number of carbonyl (C=O) groups is 1. The number of rotatable bonds is 2. The van der Waals surface area contributed by atoms with Crippen LogP contribution < -0.4 is 10.6 Å². The fraction of sp³-hybridized carbons (Fsp3) is 0.909. The number of carbonyl (C=O) groups excluding carboxylic acids is 1. The molecule has 0 unspecified atom stereocenters. The summed E-state index contributed by atoms with van der Waals surface area (Å²) in [5.41, 5.74) is 0.133. The minimum Gasteiger partial charge on any atom is -0.351 e. The average Bonchev–Trinajstić information content (AvgIpc) is 2.84. The van der Waals surface area contributed by atoms with Crippen LogP contribution in [0.5, 0.6) is 0 Å². The maximum atomic E-state index is 11.9. The SMILES string of the molecule is C[C@H]1NCCC[C@H]1C(=O)NC1(C)CC1. The second-order valence-corrected chi connectivity index (χ2v) is 5.04. The molecule has 1 aliphatic heterocycles. The topological polar surface area (TPSA) is 41.1 Å². The summed E-state index contributed by atoms with van der Waals surface area (Å²) in [5, 5.41) is 6.51. The van der Waals surface area contributed by atoms with E-state index < -0.39 is 0 Å². The van der Waals surface area contributed by atoms with E-state index in [9.17, 15) is 4.79 Å². The minimum absolute atomic E-state index is 0.133. The Kier molecular flexibility index (Phi) is 2.52. The number of piperidine rings is 1. The Labute approximate surface area is 85.6 Å². The van der Waals surface area contributed by atoms with Crippen molar-refractivity contribution in [2.75, 3.05) is 6.54 Å². The van der Waals surface area contributed by atoms with E-state index in [4.69, 9.17) is 0 Å². The lowest BCUT2D eigenvalue weighted by Crippen LogP contribution is -2.49. The van der Waals surface area contributed by atoms with Gasteiger partial charge in [-0.1, -0.05) is 0 Å². The fourth-order valence-corrected chi connectivity index (χ4v) is 2.10. The normalized spacial score (nSPS) is 35.0. The highest BCUT2D eigenvalue weighted by molar-refractivity contribution is 5.80. The van der Waals surface area contributed by atoms with Crippen LogP contribution in [0.25, 0.3) is 0 Å². The standard InChI is InChI=1S/C11H20N2O/c1-8-9(4-3-7-12-8)10(14)13-11(2)5-6-11/h8-9,12H,3-7H2,1-2H3,(H,13,14)/t8-,9-/m1/s1. The first-order valence-electron chi connectivity index (χ1n) is 5.66. The summed E-state index contributed by atoms with van der Waals surface area (Å²) < 4.78 is 0. The summed E-state index contributed by atoms with van der Waals surface area (Å²) in [6.45, 7) is 5.30. The van der Waals surface area contributed by atoms with Crippen molar-refractivity contribution in [3.63, 3.8) is 0 Å². The van der Waals surface area contributed by atoms with Crippen LogP contribution in [0.3, 0.4) is 0 Å². The van der Waals surface area contributed by atoms with Crippen molar-refractivity contribution in [2.45, 2.75) is 51.1 Å². The van der Waals surface area contributed by atoms with E-state index in [0.29, 0.717) is 6.04 Å². The molecule has 0 radical (unpaired) electrons. The van der Waals surface area contributed by atoms with Crippen molar-refractivity contribution in [3.05, 3.63) is 0 Å². The van der Waals surface area contributed by atoms with Crippen LogP contribution in [-0.4, -0.2) is 24.0 Å². The zero-order chi connectivity index (χ0) is 10.2. The Bertz CT molecular complexity index is 235. The lowest BCUT2D eigenvalue weighted by Gasteiger charge is -2.30. The molecule has 3 heteroatoms. The minimum atomic E-state index is 0.133. The number of amides is 1. The first kappa shape index (κ1) is 9.97. The molecule has 1 heterocycles. The predicted molar refractivity (Wildman–Crippen MR) is 56.0 cm³/mol. The monoisotopic (exact) mass is 196 g/mol. The second-order valence-electron chi connectivity index (χ2n) is 5.04. The molecule has 2 fully saturated rings. The summed E-state index contributed by atoms with van der Waals surface area (Å²) in [4.78, 5) is 11.9. The summed E-state index contributed by atoms with van der Waals surface area (Å²) in [6, 6.07) is 0.339. The van der Waals surface area contributed by atoms with Crippen molar-refractivity contribution in [1.29, 1.82) is 0 Å². The van der Waals surface area contributed by atoms with E-state index in [2.05, 4.69) is 24.5 Å². The lowest BCUT2D eigenvalue weighted by molar-refractivity contribution is -0.127. The molecule has 80 valence electrons. The Morgan fingerprint density at radius 3 is 2.79 bits per heavy atom. The van der Waals surface area contributed by atoms with Crippen LogP contribution in [0.15, 0.2) is 0 Å². The van der Waals surface area contributed by atoms with E-state index in [0.717, 1.165) is 32.2 Å². The van der Waals surface area contributed by atoms with Gasteiger partial charge in [-0.05, 0) is 46.1 Å². The summed E-state index contributed by atoms with van der Waals surface area (Å²) >= 11 is 0. The molecule has 1 saturated heterocycles. The fourth-order valence-electron chi connectivity index (χ4n) is 2.10. The molecule has 3 nitrogen and oxygen atoms in total. The van der Waals surface area contributed by atoms with E-state index in [1.807, 2.05) is 0 Å². The van der Waals surface area contributed by atoms with Crippen molar-refractivity contribution >= 4 is 5.91 Å². The van der Waals surface area contributed by atoms with Gasteiger partial charge in [-0.25, -0.2) is 0 Å². The third-order valence-corrected chi connectivity index (χ3v) is 3.52. The molecule has 14 heavy (non-hydrogen) atoms. The third-order valence-electron chi connectivity index (χ3n) is 3.52. The molecule has 2 rings (SSSR count). The quantitative estimate of drug-likeness (QED) is 0.693. The highest BCUT2D eigenvalue weighted by Gasteiger charge is 2.40. The molecule has 2 aliphatic rings. The molecule has 1 aliphatic carbocycles. The van der Waals surface area contributed by atoms with Gasteiger partial charge in [0.1, 0.15) is 0 Å². The molecule has 0 aromatic carbocycles. The zero-order valence-electron chi connectivity index (χ0n) is 9.10. The Balaban J connectivity index is 1.89. The maximum Gasteiger partial charge on any atom is 0.225 e. The summed E-state index contributed by atoms with van der Waals surface area (Å²) in [7, 11) is 0. The zero-order valence-corrected chi connectivity index (χ0v) is 9.10. The molecule has 1 saturated carbocycles. The van der Waals surface area contributed by atoms with Crippen molar-refractivity contribution in [2.24, 2.45) is 5.92 Å². The number of nitrogens with one attached hydrogen (secondary N) is 2. The molecule has 0 aromatic heterocycles. The van der Waals surface area contributed by atoms with Gasteiger partial charge in [-0.15, -0.1) is 0 Å². The largest absolute Gasteiger partial charge is 0.351 e. The molecular formula is C11H20N2O. The van der Waals surface area contributed by atoms with Gasteiger partial charge in [0.25, 0.3) is 0 Å². The lowest BCUT2D eigenvalue weighted by atomic mass is 9.91. The highest BCUT2D eigenvalue weighted by atomic mass is 16.2. The first-order chi connectivity index (χ1) is 6.61. The van der Waals surface area contributed by atoms with Gasteiger partial charge in [0, 0.05) is 11.6 Å². The second kappa shape index (κ2) is 3.54. The van der Waals surface area contributed by atoms with Gasteiger partial charge in [0.05, 0.1) is 5.92 Å². The molecule has 0 spiro atoms. The van der Waals surface area contributed by atoms with Gasteiger partial charge < -0.3 is 10.6 Å². The third kappa shape index (κ3) is 2.08. The summed E-state index contributed by atoms with van der Waals surface area (Å²) in [5.74, 6) is 0.436. The van der Waals surface area contributed by atoms with Crippen molar-refractivity contribution in [3.8, 4) is 0 Å². The van der Waals surface area contributed by atoms with Crippen LogP contribution in [0, 0.1) is 5.92 Å². The predicted octanol–water partition coefficient (Wildman–Crippen LogP) is 1.04. The van der Waals surface area contributed by atoms with E-state index in [-0.39, 0.29) is 17.4 Å². The molecule has 2 N–H and O–H groups in total. The molecule has 0 bridgehead atoms. The molecular weight excluding hydrogens is 176 g/mol. The van der Waals surface area contributed by atoms with Gasteiger partial charge >= 0.3 is 0 Å². The van der Waals surface area contributed by atoms with Crippen molar-refractivity contribution < 1.29 is 4.79 Å². The Morgan fingerprint density at radius 2 is 2.21 bits per heavy atom. The summed E-state index contributed by atoms with van der Waals surface area (Å²) in [6.07, 6.45) is 4.45. The van der Waals surface area contributed by atoms with E-state index in [1.54, 1.807) is 0 Å². The van der Waals surface area contributed by atoms with Crippen LogP contribution in [0.4, 0.5) is 0 Å². The highest BCUT2D eigenvalue weighted by Crippen LogP contribution is 2.35. The van der Waals surface area contributed by atoms with Crippen LogP contribution in [-0.2, 0) is 4.79 Å². The maximum absolute atomic E-state index is 11.9. The average molecular weight is 196 g/mol. The van der Waals surface area contributed by atoms with Gasteiger partial charge in [-0.2, -0.15) is 0 Å². The van der Waals surface area contributed by atoms with Gasteiger partial charge in [0.2, 0.25) is 5.91 Å². The Morgan fingerprint density at radius 1 is 1.50 bits per heavy atom. The first-order valence-corrected chi connectivity index (χ1v) is 5.66. The van der Waals surface area contributed by atoms with Gasteiger partial charge in [-0.3, -0.25) is 4.79 Å². The molecule has 1 amide bonds. The van der Waals surface area contributed by atoms with Crippen LogP contribution >= 0.6 is 0 Å². The Hall–Kier alpha value is -0.570. The molecule has 0 aromatic rings. The van der Waals surface area contributed by atoms with Gasteiger partial charge in [0.15, 0.2) is 0 Å².